The van der Waals surface area contributed by atoms with Gasteiger partial charge in [-0.1, -0.05) is 110 Å². The van der Waals surface area contributed by atoms with Crippen LogP contribution in [0.4, 0.5) is 4.39 Å². The number of benzene rings is 1. The number of hydrogen-bond acceptors (Lipinski definition) is 3. The molecule has 32 heavy (non-hydrogen) atoms. The lowest BCUT2D eigenvalue weighted by atomic mass is 10.0. The van der Waals surface area contributed by atoms with E-state index in [9.17, 15) is 9.50 Å². The summed E-state index contributed by atoms with van der Waals surface area (Å²) in [5.41, 5.74) is 0.00562. The summed E-state index contributed by atoms with van der Waals surface area (Å²) in [4.78, 5) is 0. The molecule has 1 atom stereocenters. The lowest BCUT2D eigenvalue weighted by molar-refractivity contribution is 0.106. The number of nitriles is 1. The van der Waals surface area contributed by atoms with E-state index in [2.05, 4.69) is 6.92 Å². The SMILES string of the molecule is CCCCCCCCCCCCCCCCCCCC(CO)Oc1ccc(C#N)c(F)c1. The number of halogens is 1. The Hall–Kier alpha value is -1.60. The summed E-state index contributed by atoms with van der Waals surface area (Å²) < 4.78 is 19.3. The van der Waals surface area contributed by atoms with Gasteiger partial charge in [0.2, 0.25) is 0 Å². The van der Waals surface area contributed by atoms with Gasteiger partial charge in [-0.15, -0.1) is 0 Å². The maximum absolute atomic E-state index is 13.7. The van der Waals surface area contributed by atoms with Crippen molar-refractivity contribution in [3.05, 3.63) is 29.6 Å². The maximum Gasteiger partial charge on any atom is 0.144 e. The molecule has 1 aromatic rings. The van der Waals surface area contributed by atoms with E-state index in [1.54, 1.807) is 12.1 Å². The van der Waals surface area contributed by atoms with E-state index < -0.39 is 5.82 Å². The molecule has 4 heteroatoms. The molecule has 182 valence electrons. The second kappa shape index (κ2) is 20.0. The van der Waals surface area contributed by atoms with E-state index in [1.165, 1.54) is 108 Å². The molecule has 0 heterocycles. The largest absolute Gasteiger partial charge is 0.488 e. The summed E-state index contributed by atoms with van der Waals surface area (Å²) >= 11 is 0. The third kappa shape index (κ3) is 14.5. The van der Waals surface area contributed by atoms with Gasteiger partial charge in [0.15, 0.2) is 0 Å². The number of unbranched alkanes of at least 4 members (excludes halogenated alkanes) is 16. The zero-order chi connectivity index (χ0) is 23.3. The molecule has 0 saturated carbocycles. The Bertz CT molecular complexity index is 614. The minimum atomic E-state index is -0.584. The predicted octanol–water partition coefficient (Wildman–Crippen LogP) is 8.48. The van der Waals surface area contributed by atoms with Gasteiger partial charge in [0.25, 0.3) is 0 Å². The van der Waals surface area contributed by atoms with Crippen LogP contribution in [-0.2, 0) is 0 Å². The van der Waals surface area contributed by atoms with Gasteiger partial charge in [-0.05, 0) is 25.0 Å². The van der Waals surface area contributed by atoms with Crippen LogP contribution in [0.15, 0.2) is 18.2 Å². The highest BCUT2D eigenvalue weighted by atomic mass is 19.1. The fourth-order valence-electron chi connectivity index (χ4n) is 4.14. The number of aliphatic hydroxyl groups excluding tert-OH is 1. The first-order valence-electron chi connectivity index (χ1n) is 13.2. The molecule has 1 N–H and O–H groups in total. The molecule has 0 radical (unpaired) electrons. The van der Waals surface area contributed by atoms with Crippen molar-refractivity contribution in [3.63, 3.8) is 0 Å². The van der Waals surface area contributed by atoms with Crippen LogP contribution in [-0.4, -0.2) is 17.8 Å². The molecule has 0 aliphatic carbocycles. The zero-order valence-electron chi connectivity index (χ0n) is 20.4. The van der Waals surface area contributed by atoms with Crippen LogP contribution in [0.25, 0.3) is 0 Å². The normalized spacial score (nSPS) is 11.9. The molecule has 1 unspecified atom stereocenters. The Balaban J connectivity index is 1.91. The van der Waals surface area contributed by atoms with Gasteiger partial charge in [-0.3, -0.25) is 0 Å². The second-order valence-corrected chi connectivity index (χ2v) is 9.12. The van der Waals surface area contributed by atoms with E-state index in [1.807, 2.05) is 0 Å². The van der Waals surface area contributed by atoms with E-state index in [-0.39, 0.29) is 18.3 Å². The smallest absolute Gasteiger partial charge is 0.144 e. The number of nitrogens with zero attached hydrogens (tertiary/aromatic N) is 1. The van der Waals surface area contributed by atoms with Gasteiger partial charge < -0.3 is 9.84 Å². The van der Waals surface area contributed by atoms with Crippen LogP contribution in [0.2, 0.25) is 0 Å². The average molecular weight is 448 g/mol. The number of hydrogen-bond donors (Lipinski definition) is 1. The van der Waals surface area contributed by atoms with Crippen molar-refractivity contribution >= 4 is 0 Å². The number of rotatable bonds is 21. The first kappa shape index (κ1) is 28.4. The highest BCUT2D eigenvalue weighted by Gasteiger charge is 2.11. The molecule has 0 aliphatic heterocycles. The third-order valence-corrected chi connectivity index (χ3v) is 6.20. The Kier molecular flexibility index (Phi) is 17.8. The first-order chi connectivity index (χ1) is 15.7. The van der Waals surface area contributed by atoms with Crippen molar-refractivity contribution in [2.45, 2.75) is 129 Å². The summed E-state index contributed by atoms with van der Waals surface area (Å²) in [6, 6.07) is 6.01. The van der Waals surface area contributed by atoms with Crippen LogP contribution < -0.4 is 4.74 Å². The Morgan fingerprint density at radius 2 is 1.28 bits per heavy atom. The standard InChI is InChI=1S/C28H46FNO2/c1-2-3-4-5-6-7-8-9-10-11-12-13-14-15-16-17-18-19-27(24-31)32-26-21-20-25(23-30)28(29)22-26/h20-22,27,31H,2-19,24H2,1H3. The maximum atomic E-state index is 13.7. The quantitative estimate of drug-likeness (QED) is 0.192. The molecule has 1 rings (SSSR count). The Morgan fingerprint density at radius 1 is 0.812 bits per heavy atom. The van der Waals surface area contributed by atoms with Gasteiger partial charge >= 0.3 is 0 Å². The van der Waals surface area contributed by atoms with Crippen LogP contribution in [0, 0.1) is 17.1 Å². The van der Waals surface area contributed by atoms with Crippen LogP contribution in [0.1, 0.15) is 128 Å². The van der Waals surface area contributed by atoms with Crippen molar-refractivity contribution in [2.75, 3.05) is 6.61 Å². The zero-order valence-corrected chi connectivity index (χ0v) is 20.4. The molecule has 0 bridgehead atoms. The molecular formula is C28H46FNO2. The first-order valence-corrected chi connectivity index (χ1v) is 13.2. The van der Waals surface area contributed by atoms with E-state index in [0.29, 0.717) is 5.75 Å². The topological polar surface area (TPSA) is 53.2 Å². The predicted molar refractivity (Wildman–Crippen MR) is 131 cm³/mol. The Morgan fingerprint density at radius 3 is 1.69 bits per heavy atom. The minimum absolute atomic E-state index is 0.00562. The third-order valence-electron chi connectivity index (χ3n) is 6.20. The molecule has 0 aromatic heterocycles. The fourth-order valence-corrected chi connectivity index (χ4v) is 4.14. The van der Waals surface area contributed by atoms with Gasteiger partial charge in [0.1, 0.15) is 23.7 Å². The van der Waals surface area contributed by atoms with Crippen LogP contribution in [0.5, 0.6) is 5.75 Å². The summed E-state index contributed by atoms with van der Waals surface area (Å²) in [5, 5.41) is 18.3. The average Bonchev–Trinajstić information content (AvgIpc) is 2.80. The lowest BCUT2D eigenvalue weighted by Gasteiger charge is -2.17. The van der Waals surface area contributed by atoms with Gasteiger partial charge in [0.05, 0.1) is 12.2 Å². The fraction of sp³-hybridized carbons (Fsp3) is 0.750. The molecule has 0 saturated heterocycles. The van der Waals surface area contributed by atoms with Crippen molar-refractivity contribution in [3.8, 4) is 11.8 Å². The second-order valence-electron chi connectivity index (χ2n) is 9.12. The highest BCUT2D eigenvalue weighted by Crippen LogP contribution is 2.20. The van der Waals surface area contributed by atoms with E-state index in [0.717, 1.165) is 19.3 Å². The molecule has 0 spiro atoms. The van der Waals surface area contributed by atoms with Gasteiger partial charge in [-0.25, -0.2) is 4.39 Å². The monoisotopic (exact) mass is 447 g/mol. The van der Waals surface area contributed by atoms with Gasteiger partial charge in [-0.2, -0.15) is 5.26 Å². The highest BCUT2D eigenvalue weighted by molar-refractivity contribution is 5.36. The van der Waals surface area contributed by atoms with Gasteiger partial charge in [0, 0.05) is 6.07 Å². The molecule has 3 nitrogen and oxygen atoms in total. The lowest BCUT2D eigenvalue weighted by Crippen LogP contribution is -2.21. The molecule has 1 aromatic carbocycles. The summed E-state index contributed by atoms with van der Waals surface area (Å²) in [5.74, 6) is -0.216. The number of aliphatic hydroxyl groups is 1. The Labute approximate surface area is 196 Å². The van der Waals surface area contributed by atoms with Crippen molar-refractivity contribution in [1.29, 1.82) is 5.26 Å². The molecular weight excluding hydrogens is 401 g/mol. The van der Waals surface area contributed by atoms with Crippen LogP contribution >= 0.6 is 0 Å². The van der Waals surface area contributed by atoms with E-state index in [4.69, 9.17) is 10.00 Å². The number of ether oxygens (including phenoxy) is 1. The summed E-state index contributed by atoms with van der Waals surface area (Å²) in [7, 11) is 0. The molecule has 0 aliphatic rings. The summed E-state index contributed by atoms with van der Waals surface area (Å²) in [6.07, 6.45) is 23.2. The van der Waals surface area contributed by atoms with Crippen LogP contribution in [0.3, 0.4) is 0 Å². The molecule has 0 fully saturated rings. The van der Waals surface area contributed by atoms with Crippen molar-refractivity contribution in [2.24, 2.45) is 0 Å². The minimum Gasteiger partial charge on any atom is -0.488 e. The van der Waals surface area contributed by atoms with Crippen molar-refractivity contribution in [1.82, 2.24) is 0 Å². The summed E-state index contributed by atoms with van der Waals surface area (Å²) in [6.45, 7) is 2.19. The van der Waals surface area contributed by atoms with Crippen molar-refractivity contribution < 1.29 is 14.2 Å². The molecule has 0 amide bonds. The van der Waals surface area contributed by atoms with E-state index >= 15 is 0 Å².